The van der Waals surface area contributed by atoms with Gasteiger partial charge in [-0.15, -0.1) is 0 Å². The summed E-state index contributed by atoms with van der Waals surface area (Å²) < 4.78 is 5.52. The van der Waals surface area contributed by atoms with E-state index < -0.39 is 17.4 Å². The highest BCUT2D eigenvalue weighted by molar-refractivity contribution is 6.30. The fourth-order valence-electron chi connectivity index (χ4n) is 3.93. The van der Waals surface area contributed by atoms with Crippen LogP contribution in [0.5, 0.6) is 0 Å². The molecule has 0 fully saturated rings. The van der Waals surface area contributed by atoms with Gasteiger partial charge in [-0.2, -0.15) is 5.26 Å². The smallest absolute Gasteiger partial charge is 0.255 e. The molecule has 33 heavy (non-hydrogen) atoms. The van der Waals surface area contributed by atoms with Crippen LogP contribution < -0.4 is 16.6 Å². The van der Waals surface area contributed by atoms with Gasteiger partial charge in [0.2, 0.25) is 5.88 Å². The number of pyridine rings is 1. The molecule has 2 aromatic carbocycles. The van der Waals surface area contributed by atoms with Crippen molar-refractivity contribution in [1.29, 1.82) is 5.26 Å². The second-order valence-electron chi connectivity index (χ2n) is 7.68. The predicted octanol–water partition coefficient (Wildman–Crippen LogP) is 4.46. The van der Waals surface area contributed by atoms with E-state index in [4.69, 9.17) is 22.1 Å². The summed E-state index contributed by atoms with van der Waals surface area (Å²) in [6, 6.07) is 16.1. The van der Waals surface area contributed by atoms with E-state index in [1.165, 1.54) is 0 Å². The number of H-pyrrole nitrogens is 1. The Morgan fingerprint density at radius 2 is 1.97 bits per heavy atom. The average molecular weight is 461 g/mol. The van der Waals surface area contributed by atoms with Gasteiger partial charge in [0, 0.05) is 21.8 Å². The summed E-state index contributed by atoms with van der Waals surface area (Å²) in [5.74, 6) is -1.43. The van der Waals surface area contributed by atoms with Crippen molar-refractivity contribution in [1.82, 2.24) is 4.98 Å². The second kappa shape index (κ2) is 8.85. The molecular formula is C25H21ClN4O3. The number of carbonyl (C=O) groups excluding carboxylic acids is 1. The van der Waals surface area contributed by atoms with Crippen LogP contribution in [0.2, 0.25) is 5.02 Å². The number of anilines is 1. The molecular weight excluding hydrogens is 440 g/mol. The van der Waals surface area contributed by atoms with Crippen molar-refractivity contribution in [3.05, 3.63) is 97.8 Å². The maximum Gasteiger partial charge on any atom is 0.255 e. The van der Waals surface area contributed by atoms with Gasteiger partial charge in [0.15, 0.2) is 0 Å². The molecule has 3 aromatic rings. The molecule has 166 valence electrons. The standard InChI is InChI=1S/C25H21ClN4O3/c1-3-14-4-9-20-15(10-14)11-18(24(31)30-20)22-19(12-27)23(28)33-13(2)21(22)25(32)29-17-7-5-16(26)6-8-17/h4-11,22H,3,28H2,1-2H3,(H,29,32)(H,30,31). The number of amides is 1. The minimum absolute atomic E-state index is 0.00153. The minimum Gasteiger partial charge on any atom is -0.445 e. The van der Waals surface area contributed by atoms with Gasteiger partial charge in [-0.25, -0.2) is 0 Å². The molecule has 4 rings (SSSR count). The van der Waals surface area contributed by atoms with E-state index >= 15 is 0 Å². The summed E-state index contributed by atoms with van der Waals surface area (Å²) in [6.45, 7) is 3.62. The molecule has 0 aliphatic carbocycles. The summed E-state index contributed by atoms with van der Waals surface area (Å²) in [5.41, 5.74) is 8.20. The van der Waals surface area contributed by atoms with Crippen molar-refractivity contribution in [3.8, 4) is 6.07 Å². The molecule has 0 saturated heterocycles. The van der Waals surface area contributed by atoms with Gasteiger partial charge >= 0.3 is 0 Å². The van der Waals surface area contributed by atoms with Crippen molar-refractivity contribution in [2.24, 2.45) is 5.73 Å². The number of nitrogens with two attached hydrogens (primary N) is 1. The van der Waals surface area contributed by atoms with E-state index in [2.05, 4.69) is 10.3 Å². The predicted molar refractivity (Wildman–Crippen MR) is 127 cm³/mol. The summed E-state index contributed by atoms with van der Waals surface area (Å²) in [7, 11) is 0. The number of allylic oxidation sites excluding steroid dienone is 2. The number of rotatable bonds is 4. The average Bonchev–Trinajstić information content (AvgIpc) is 2.79. The third-order valence-electron chi connectivity index (χ3n) is 5.61. The number of aromatic amines is 1. The van der Waals surface area contributed by atoms with Crippen LogP contribution in [0, 0.1) is 11.3 Å². The monoisotopic (exact) mass is 460 g/mol. The van der Waals surface area contributed by atoms with E-state index in [1.54, 1.807) is 37.3 Å². The number of aromatic nitrogens is 1. The summed E-state index contributed by atoms with van der Waals surface area (Å²) in [5, 5.41) is 13.9. The fraction of sp³-hybridized carbons (Fsp3) is 0.160. The first kappa shape index (κ1) is 22.2. The number of ether oxygens (including phenoxy) is 1. The maximum atomic E-state index is 13.3. The van der Waals surface area contributed by atoms with Crippen molar-refractivity contribution >= 4 is 34.1 Å². The molecule has 1 aliphatic heterocycles. The summed E-state index contributed by atoms with van der Waals surface area (Å²) in [6.07, 6.45) is 0.825. The molecule has 0 radical (unpaired) electrons. The number of benzene rings is 2. The SMILES string of the molecule is CCc1ccc2[nH]c(=O)c(C3C(C#N)=C(N)OC(C)=C3C(=O)Nc3ccc(Cl)cc3)cc2c1. The van der Waals surface area contributed by atoms with Crippen LogP contribution in [-0.2, 0) is 16.0 Å². The van der Waals surface area contributed by atoms with E-state index in [1.807, 2.05) is 31.2 Å². The lowest BCUT2D eigenvalue weighted by molar-refractivity contribution is -0.113. The lowest BCUT2D eigenvalue weighted by Crippen LogP contribution is -2.30. The first-order valence-electron chi connectivity index (χ1n) is 10.3. The van der Waals surface area contributed by atoms with Crippen molar-refractivity contribution in [2.45, 2.75) is 26.2 Å². The number of hydrogen-bond acceptors (Lipinski definition) is 5. The van der Waals surface area contributed by atoms with Crippen molar-refractivity contribution in [2.75, 3.05) is 5.32 Å². The fourth-order valence-corrected chi connectivity index (χ4v) is 4.05. The topological polar surface area (TPSA) is 121 Å². The van der Waals surface area contributed by atoms with Gasteiger partial charge in [-0.3, -0.25) is 9.59 Å². The van der Waals surface area contributed by atoms with Gasteiger partial charge in [0.25, 0.3) is 11.5 Å². The van der Waals surface area contributed by atoms with Crippen LogP contribution in [-0.4, -0.2) is 10.9 Å². The van der Waals surface area contributed by atoms with E-state index in [0.717, 1.165) is 17.4 Å². The third kappa shape index (κ3) is 4.21. The molecule has 1 atom stereocenters. The van der Waals surface area contributed by atoms with Crippen molar-refractivity contribution in [3.63, 3.8) is 0 Å². The van der Waals surface area contributed by atoms with Crippen LogP contribution in [0.25, 0.3) is 10.9 Å². The number of nitrogens with zero attached hydrogens (tertiary/aromatic N) is 1. The molecule has 1 unspecified atom stereocenters. The molecule has 2 heterocycles. The first-order valence-corrected chi connectivity index (χ1v) is 10.7. The Bertz CT molecular complexity index is 1430. The Hall–Kier alpha value is -4.02. The quantitative estimate of drug-likeness (QED) is 0.530. The Morgan fingerprint density at radius 3 is 2.64 bits per heavy atom. The highest BCUT2D eigenvalue weighted by atomic mass is 35.5. The number of halogens is 1. The Labute approximate surface area is 195 Å². The largest absolute Gasteiger partial charge is 0.445 e. The normalized spacial score (nSPS) is 15.9. The lowest BCUT2D eigenvalue weighted by atomic mass is 9.82. The van der Waals surface area contributed by atoms with Gasteiger partial charge in [0.05, 0.1) is 11.5 Å². The van der Waals surface area contributed by atoms with Crippen molar-refractivity contribution < 1.29 is 9.53 Å². The van der Waals surface area contributed by atoms with Crippen LogP contribution in [0.3, 0.4) is 0 Å². The molecule has 0 spiro atoms. The maximum absolute atomic E-state index is 13.3. The van der Waals surface area contributed by atoms with Gasteiger partial charge in [-0.05, 0) is 66.8 Å². The highest BCUT2D eigenvalue weighted by Crippen LogP contribution is 2.39. The molecule has 7 nitrogen and oxygen atoms in total. The molecule has 4 N–H and O–H groups in total. The van der Waals surface area contributed by atoms with E-state index in [0.29, 0.717) is 16.2 Å². The molecule has 1 aliphatic rings. The zero-order valence-electron chi connectivity index (χ0n) is 18.0. The number of nitriles is 1. The number of carbonyl (C=O) groups is 1. The number of aryl methyl sites for hydroxylation is 1. The molecule has 1 amide bonds. The van der Waals surface area contributed by atoms with E-state index in [-0.39, 0.29) is 28.4 Å². The molecule has 0 bridgehead atoms. The second-order valence-corrected chi connectivity index (χ2v) is 8.12. The van der Waals surface area contributed by atoms with Crippen LogP contribution >= 0.6 is 11.6 Å². The van der Waals surface area contributed by atoms with Gasteiger partial charge in [0.1, 0.15) is 17.4 Å². The molecule has 0 saturated carbocycles. The number of fused-ring (bicyclic) bond motifs is 1. The van der Waals surface area contributed by atoms with Crippen LogP contribution in [0.1, 0.15) is 30.9 Å². The van der Waals surface area contributed by atoms with Crippen LogP contribution in [0.15, 0.2) is 76.1 Å². The lowest BCUT2D eigenvalue weighted by Gasteiger charge is -2.27. The molecule has 1 aromatic heterocycles. The summed E-state index contributed by atoms with van der Waals surface area (Å²) in [4.78, 5) is 29.3. The van der Waals surface area contributed by atoms with Gasteiger partial charge < -0.3 is 20.8 Å². The van der Waals surface area contributed by atoms with Crippen LogP contribution in [0.4, 0.5) is 5.69 Å². The highest BCUT2D eigenvalue weighted by Gasteiger charge is 2.37. The summed E-state index contributed by atoms with van der Waals surface area (Å²) >= 11 is 5.93. The Kier molecular flexibility index (Phi) is 5.95. The van der Waals surface area contributed by atoms with Gasteiger partial charge in [-0.1, -0.05) is 24.6 Å². The zero-order valence-corrected chi connectivity index (χ0v) is 18.8. The third-order valence-corrected chi connectivity index (χ3v) is 5.86. The zero-order chi connectivity index (χ0) is 23.7. The number of hydrogen-bond donors (Lipinski definition) is 3. The molecule has 8 heteroatoms. The minimum atomic E-state index is -0.991. The first-order chi connectivity index (χ1) is 15.8. The van der Waals surface area contributed by atoms with E-state index in [9.17, 15) is 14.9 Å². The number of nitrogens with one attached hydrogen (secondary N) is 2. The Balaban J connectivity index is 1.86. The Morgan fingerprint density at radius 1 is 1.24 bits per heavy atom.